The van der Waals surface area contributed by atoms with Crippen LogP contribution in [-0.4, -0.2) is 21.2 Å². The maximum Gasteiger partial charge on any atom is 0.274 e. The average Bonchev–Trinajstić information content (AvgIpc) is 2.47. The highest BCUT2D eigenvalue weighted by Crippen LogP contribution is 2.30. The zero-order valence-corrected chi connectivity index (χ0v) is 12.4. The molecule has 0 saturated carbocycles. The second-order valence-electron chi connectivity index (χ2n) is 4.78. The van der Waals surface area contributed by atoms with Crippen molar-refractivity contribution in [2.75, 3.05) is 0 Å². The predicted molar refractivity (Wildman–Crippen MR) is 85.1 cm³/mol. The summed E-state index contributed by atoms with van der Waals surface area (Å²) in [5.74, 6) is -0.127. The number of nitrogens with zero attached hydrogens (tertiary/aromatic N) is 1. The molecule has 0 aromatic heterocycles. The molecule has 2 rings (SSSR count). The molecule has 0 saturated heterocycles. The van der Waals surface area contributed by atoms with Gasteiger partial charge < -0.3 is 15.9 Å². The van der Waals surface area contributed by atoms with Crippen molar-refractivity contribution in [3.8, 4) is 5.75 Å². The van der Waals surface area contributed by atoms with Gasteiger partial charge in [0.05, 0.1) is 22.6 Å². The molecule has 0 heterocycles. The minimum atomic E-state index is -0.993. The van der Waals surface area contributed by atoms with E-state index < -0.39 is 17.1 Å². The molecule has 0 aliphatic rings. The fraction of sp³-hybridized carbons (Fsp3) is 0.200. The molecule has 0 aliphatic carbocycles. The van der Waals surface area contributed by atoms with Crippen LogP contribution in [0.15, 0.2) is 48.5 Å². The van der Waals surface area contributed by atoms with Gasteiger partial charge in [0.2, 0.25) is 0 Å². The fourth-order valence-corrected chi connectivity index (χ4v) is 2.16. The third kappa shape index (κ3) is 4.17. The number of aliphatic hydroxyl groups excluding tert-OH is 1. The first-order valence-corrected chi connectivity index (χ1v) is 6.44. The third-order valence-corrected chi connectivity index (χ3v) is 3.27. The minimum Gasteiger partial charge on any atom is -0.508 e. The molecule has 2 atom stereocenters. The van der Waals surface area contributed by atoms with Crippen molar-refractivity contribution in [1.82, 2.24) is 0 Å². The number of hydrogen-bond donors (Lipinski definition) is 3. The lowest BCUT2D eigenvalue weighted by molar-refractivity contribution is -0.385. The van der Waals surface area contributed by atoms with Crippen molar-refractivity contribution in [3.05, 3.63) is 69.8 Å². The van der Waals surface area contributed by atoms with Crippen LogP contribution in [-0.2, 0) is 6.42 Å². The molecule has 118 valence electrons. The number of aromatic hydroxyl groups is 1. The van der Waals surface area contributed by atoms with Crippen molar-refractivity contribution in [2.45, 2.75) is 18.6 Å². The Kier molecular flexibility index (Phi) is 6.30. The molecule has 6 nitrogen and oxygen atoms in total. The zero-order valence-electron chi connectivity index (χ0n) is 11.6. The summed E-state index contributed by atoms with van der Waals surface area (Å²) >= 11 is 0. The van der Waals surface area contributed by atoms with Crippen LogP contribution in [0.3, 0.4) is 0 Å². The smallest absolute Gasteiger partial charge is 0.274 e. The Labute approximate surface area is 133 Å². The Balaban J connectivity index is 0.00000242. The van der Waals surface area contributed by atoms with Gasteiger partial charge in [-0.3, -0.25) is 10.1 Å². The van der Waals surface area contributed by atoms with Gasteiger partial charge >= 0.3 is 0 Å². The van der Waals surface area contributed by atoms with Crippen molar-refractivity contribution in [3.63, 3.8) is 0 Å². The second kappa shape index (κ2) is 7.74. The highest BCUT2D eigenvalue weighted by Gasteiger charge is 2.25. The van der Waals surface area contributed by atoms with Gasteiger partial charge in [0.15, 0.2) is 0 Å². The normalized spacial score (nSPS) is 13.0. The summed E-state index contributed by atoms with van der Waals surface area (Å²) in [5, 5.41) is 30.7. The number of nitrogens with two attached hydrogens (primary N) is 1. The highest BCUT2D eigenvalue weighted by molar-refractivity contribution is 5.85. The maximum absolute atomic E-state index is 11.0. The molecule has 0 bridgehead atoms. The quantitative estimate of drug-likeness (QED) is 0.577. The van der Waals surface area contributed by atoms with Gasteiger partial charge in [-0.1, -0.05) is 30.3 Å². The van der Waals surface area contributed by atoms with Crippen molar-refractivity contribution < 1.29 is 15.1 Å². The summed E-state index contributed by atoms with van der Waals surface area (Å²) in [6.07, 6.45) is -0.720. The van der Waals surface area contributed by atoms with Gasteiger partial charge in [-0.2, -0.15) is 0 Å². The molecule has 7 heteroatoms. The van der Waals surface area contributed by atoms with E-state index in [4.69, 9.17) is 5.73 Å². The topological polar surface area (TPSA) is 110 Å². The van der Waals surface area contributed by atoms with E-state index >= 15 is 0 Å². The molecule has 22 heavy (non-hydrogen) atoms. The van der Waals surface area contributed by atoms with Crippen LogP contribution in [0, 0.1) is 10.1 Å². The molecule has 0 aliphatic heterocycles. The van der Waals surface area contributed by atoms with Gasteiger partial charge in [0, 0.05) is 12.5 Å². The maximum atomic E-state index is 11.0. The van der Waals surface area contributed by atoms with E-state index in [1.165, 1.54) is 18.2 Å². The van der Waals surface area contributed by atoms with Crippen molar-refractivity contribution in [2.24, 2.45) is 5.73 Å². The van der Waals surface area contributed by atoms with E-state index in [1.54, 1.807) is 0 Å². The first-order chi connectivity index (χ1) is 9.99. The molecule has 0 unspecified atom stereocenters. The van der Waals surface area contributed by atoms with E-state index in [9.17, 15) is 20.3 Å². The van der Waals surface area contributed by atoms with Crippen LogP contribution >= 0.6 is 12.4 Å². The van der Waals surface area contributed by atoms with Crippen LogP contribution in [0.1, 0.15) is 17.2 Å². The summed E-state index contributed by atoms with van der Waals surface area (Å²) in [7, 11) is 0. The first-order valence-electron chi connectivity index (χ1n) is 6.44. The van der Waals surface area contributed by atoms with Crippen LogP contribution in [0.25, 0.3) is 0 Å². The first kappa shape index (κ1) is 17.9. The standard InChI is InChI=1S/C15H16N2O4.ClH/c16-15(14(19)8-10-4-2-1-3-5-10)12-9-11(18)6-7-13(12)17(20)21;/h1-7,9,14-15,18-19H,8,16H2;1H/t14-,15+;/m1./s1. The number of rotatable bonds is 5. The molecule has 2 aromatic carbocycles. The largest absolute Gasteiger partial charge is 0.508 e. The summed E-state index contributed by atoms with van der Waals surface area (Å²) < 4.78 is 0. The Morgan fingerprint density at radius 3 is 2.41 bits per heavy atom. The Morgan fingerprint density at radius 2 is 1.82 bits per heavy atom. The summed E-state index contributed by atoms with van der Waals surface area (Å²) in [4.78, 5) is 10.4. The number of hydrogen-bond acceptors (Lipinski definition) is 5. The van der Waals surface area contributed by atoms with E-state index in [-0.39, 0.29) is 35.8 Å². The van der Waals surface area contributed by atoms with Crippen LogP contribution in [0.4, 0.5) is 5.69 Å². The van der Waals surface area contributed by atoms with Gasteiger partial charge in [0.25, 0.3) is 5.69 Å². The number of halogens is 1. The van der Waals surface area contributed by atoms with E-state index in [1.807, 2.05) is 30.3 Å². The number of benzene rings is 2. The van der Waals surface area contributed by atoms with Crippen molar-refractivity contribution in [1.29, 1.82) is 0 Å². The zero-order chi connectivity index (χ0) is 15.4. The number of phenols is 1. The SMILES string of the molecule is Cl.N[C@@H](c1cc(O)ccc1[N+](=O)[O-])[C@H](O)Cc1ccccc1. The monoisotopic (exact) mass is 324 g/mol. The van der Waals surface area contributed by atoms with E-state index in [0.29, 0.717) is 0 Å². The summed E-state index contributed by atoms with van der Waals surface area (Å²) in [6, 6.07) is 11.9. The number of aliphatic hydroxyl groups is 1. The summed E-state index contributed by atoms with van der Waals surface area (Å²) in [5.41, 5.74) is 6.71. The summed E-state index contributed by atoms with van der Waals surface area (Å²) in [6.45, 7) is 0. The minimum absolute atomic E-state index is 0. The third-order valence-electron chi connectivity index (χ3n) is 3.27. The molecule has 2 aromatic rings. The molecular weight excluding hydrogens is 308 g/mol. The molecule has 0 radical (unpaired) electrons. The van der Waals surface area contributed by atoms with Crippen molar-refractivity contribution >= 4 is 18.1 Å². The number of phenolic OH excluding ortho intramolecular Hbond substituents is 1. The Hall–Kier alpha value is -2.15. The van der Waals surface area contributed by atoms with E-state index in [0.717, 1.165) is 5.56 Å². The van der Waals surface area contributed by atoms with Gasteiger partial charge in [-0.05, 0) is 17.7 Å². The molecule has 0 spiro atoms. The van der Waals surface area contributed by atoms with Gasteiger partial charge in [-0.15, -0.1) is 12.4 Å². The molecule has 0 fully saturated rings. The molecular formula is C15H17ClN2O4. The van der Waals surface area contributed by atoms with Crippen LogP contribution in [0.5, 0.6) is 5.75 Å². The molecule has 4 N–H and O–H groups in total. The average molecular weight is 325 g/mol. The molecule has 0 amide bonds. The lowest BCUT2D eigenvalue weighted by Gasteiger charge is -2.19. The lowest BCUT2D eigenvalue weighted by atomic mass is 9.95. The predicted octanol–water partition coefficient (Wildman–Crippen LogP) is 2.33. The lowest BCUT2D eigenvalue weighted by Crippen LogP contribution is -2.28. The van der Waals surface area contributed by atoms with E-state index in [2.05, 4.69) is 0 Å². The fourth-order valence-electron chi connectivity index (χ4n) is 2.16. The van der Waals surface area contributed by atoms with Crippen LogP contribution in [0.2, 0.25) is 0 Å². The Bertz CT molecular complexity index is 637. The Morgan fingerprint density at radius 1 is 1.18 bits per heavy atom. The van der Waals surface area contributed by atoms with Gasteiger partial charge in [0.1, 0.15) is 5.75 Å². The number of nitro groups is 1. The highest BCUT2D eigenvalue weighted by atomic mass is 35.5. The van der Waals surface area contributed by atoms with Gasteiger partial charge in [-0.25, -0.2) is 0 Å². The second-order valence-corrected chi connectivity index (χ2v) is 4.78. The number of nitro benzene ring substituents is 1. The van der Waals surface area contributed by atoms with Crippen LogP contribution < -0.4 is 5.73 Å².